The fourth-order valence-electron chi connectivity index (χ4n) is 4.22. The average Bonchev–Trinajstić information content (AvgIpc) is 3.27. The van der Waals surface area contributed by atoms with Crippen molar-refractivity contribution in [3.8, 4) is 0 Å². The Balaban J connectivity index is 0.000000314. The molecule has 0 aromatic rings. The fourth-order valence-corrected chi connectivity index (χ4v) is 4.71. The summed E-state index contributed by atoms with van der Waals surface area (Å²) in [5, 5.41) is 10.6. The molecule has 1 amide bonds. The van der Waals surface area contributed by atoms with Crippen LogP contribution >= 0.6 is 11.8 Å². The van der Waals surface area contributed by atoms with E-state index in [-0.39, 0.29) is 11.1 Å². The molecule has 0 bridgehead atoms. The van der Waals surface area contributed by atoms with Crippen molar-refractivity contribution in [2.24, 2.45) is 29.4 Å². The van der Waals surface area contributed by atoms with Crippen LogP contribution in [0.2, 0.25) is 0 Å². The molecule has 4 N–H and O–H groups in total. The molecule has 2 aliphatic rings. The molecule has 0 aliphatic carbocycles. The summed E-state index contributed by atoms with van der Waals surface area (Å²) in [7, 11) is 0. The van der Waals surface area contributed by atoms with Crippen LogP contribution in [0.4, 0.5) is 0 Å². The van der Waals surface area contributed by atoms with Crippen LogP contribution in [-0.4, -0.2) is 47.9 Å². The van der Waals surface area contributed by atoms with Crippen LogP contribution < -0.4 is 11.1 Å². The van der Waals surface area contributed by atoms with Gasteiger partial charge in [-0.25, -0.2) is 0 Å². The summed E-state index contributed by atoms with van der Waals surface area (Å²) in [4.78, 5) is 13.9. The van der Waals surface area contributed by atoms with Gasteiger partial charge in [0.1, 0.15) is 0 Å². The summed E-state index contributed by atoms with van der Waals surface area (Å²) < 4.78 is 0. The number of likely N-dealkylation sites (tertiary alicyclic amines) is 1. The van der Waals surface area contributed by atoms with Gasteiger partial charge in [-0.1, -0.05) is 65.1 Å². The van der Waals surface area contributed by atoms with Gasteiger partial charge >= 0.3 is 0 Å². The van der Waals surface area contributed by atoms with Gasteiger partial charge in [-0.15, -0.1) is 0 Å². The van der Waals surface area contributed by atoms with Gasteiger partial charge in [0, 0.05) is 25.3 Å². The number of rotatable bonds is 7. The monoisotopic (exact) mass is 384 g/mol. The first-order valence-electron chi connectivity index (χ1n) is 10.4. The summed E-state index contributed by atoms with van der Waals surface area (Å²) in [5.41, 5.74) is 5.24. The van der Waals surface area contributed by atoms with Crippen LogP contribution in [0.5, 0.6) is 0 Å². The van der Waals surface area contributed by atoms with E-state index >= 15 is 0 Å². The largest absolute Gasteiger partial charge is 0.379 e. The molecule has 2 aliphatic heterocycles. The second kappa shape index (κ2) is 12.6. The first-order valence-corrected chi connectivity index (χ1v) is 11.4. The summed E-state index contributed by atoms with van der Waals surface area (Å²) in [6, 6.07) is 0. The topological polar surface area (TPSA) is 82.2 Å². The van der Waals surface area contributed by atoms with E-state index in [9.17, 15) is 4.79 Å². The minimum absolute atomic E-state index is 0.0945. The molecule has 2 fully saturated rings. The van der Waals surface area contributed by atoms with Crippen LogP contribution in [0.25, 0.3) is 0 Å². The van der Waals surface area contributed by atoms with Crippen molar-refractivity contribution >= 4 is 22.8 Å². The Labute approximate surface area is 164 Å². The third kappa shape index (κ3) is 7.47. The number of thioether (sulfide) groups is 1. The maximum absolute atomic E-state index is 12.0. The zero-order chi connectivity index (χ0) is 19.5. The second-order valence-electron chi connectivity index (χ2n) is 7.59. The van der Waals surface area contributed by atoms with E-state index in [1.807, 2.05) is 4.90 Å². The van der Waals surface area contributed by atoms with Gasteiger partial charge in [0.25, 0.3) is 0 Å². The first-order chi connectivity index (χ1) is 12.5. The number of nitrogens with one attached hydrogen (secondary N) is 2. The molecule has 2 heterocycles. The molecule has 4 unspecified atom stereocenters. The zero-order valence-electron chi connectivity index (χ0n) is 17.2. The van der Waals surface area contributed by atoms with Crippen LogP contribution in [0.3, 0.4) is 0 Å². The number of amidine groups is 1. The van der Waals surface area contributed by atoms with Gasteiger partial charge < -0.3 is 16.0 Å². The highest BCUT2D eigenvalue weighted by Gasteiger charge is 2.32. The molecule has 2 saturated heterocycles. The van der Waals surface area contributed by atoms with E-state index in [2.05, 4.69) is 33.0 Å². The maximum Gasteiger partial charge on any atom is 0.223 e. The zero-order valence-corrected chi connectivity index (χ0v) is 18.0. The van der Waals surface area contributed by atoms with Crippen LogP contribution in [-0.2, 0) is 4.79 Å². The molecule has 0 spiro atoms. The Hall–Kier alpha value is -0.750. The maximum atomic E-state index is 12.0. The van der Waals surface area contributed by atoms with Crippen molar-refractivity contribution in [2.45, 2.75) is 59.8 Å². The molecule has 5 nitrogen and oxygen atoms in total. The molecule has 0 aromatic heterocycles. The minimum atomic E-state index is 0.0945. The van der Waals surface area contributed by atoms with Crippen LogP contribution in [0.15, 0.2) is 0 Å². The molecular weight excluding hydrogens is 344 g/mol. The number of nitrogens with zero attached hydrogens (tertiary/aromatic N) is 1. The number of hydrogen-bond acceptors (Lipinski definition) is 4. The molecular formula is C20H40N4OS. The lowest BCUT2D eigenvalue weighted by molar-refractivity contribution is -0.129. The predicted octanol–water partition coefficient (Wildman–Crippen LogP) is 3.54. The minimum Gasteiger partial charge on any atom is -0.379 e. The number of hydrogen-bond donors (Lipinski definition) is 3. The van der Waals surface area contributed by atoms with Gasteiger partial charge in [-0.2, -0.15) is 0 Å². The third-order valence-corrected chi connectivity index (χ3v) is 6.80. The Morgan fingerprint density at radius 1 is 1.00 bits per heavy atom. The van der Waals surface area contributed by atoms with Crippen molar-refractivity contribution in [2.75, 3.05) is 31.9 Å². The van der Waals surface area contributed by atoms with E-state index in [1.165, 1.54) is 37.7 Å². The fraction of sp³-hybridized carbons (Fsp3) is 0.900. The van der Waals surface area contributed by atoms with E-state index in [0.29, 0.717) is 24.0 Å². The van der Waals surface area contributed by atoms with Gasteiger partial charge in [0.2, 0.25) is 5.91 Å². The predicted molar refractivity (Wildman–Crippen MR) is 114 cm³/mol. The number of carbonyl (C=O) groups excluding carboxylic acids is 1. The molecule has 152 valence electrons. The Kier molecular flexibility index (Phi) is 11.3. The lowest BCUT2D eigenvalue weighted by atomic mass is 9.92. The summed E-state index contributed by atoms with van der Waals surface area (Å²) in [6.07, 6.45) is 5.52. The highest BCUT2D eigenvalue weighted by Crippen LogP contribution is 2.29. The van der Waals surface area contributed by atoms with Crippen molar-refractivity contribution in [1.82, 2.24) is 10.2 Å². The van der Waals surface area contributed by atoms with Crippen molar-refractivity contribution < 1.29 is 4.79 Å². The molecule has 4 atom stereocenters. The lowest BCUT2D eigenvalue weighted by Crippen LogP contribution is -2.29. The van der Waals surface area contributed by atoms with Gasteiger partial charge in [0.05, 0.1) is 0 Å². The number of amides is 1. The highest BCUT2D eigenvalue weighted by molar-refractivity contribution is 8.13. The standard InChI is InChI=1S/C12H23N3OS.C8H17N/c1-3-9-7-15(8-10(9)4-2)11(16)5-6-17-12(13)14;1-3-7-5-9-6-8(7)4-2/h9-10H,3-8H2,1-2H3,(H3,13,14);7-9H,3-6H2,1-2H3. The smallest absolute Gasteiger partial charge is 0.223 e. The van der Waals surface area contributed by atoms with Crippen molar-refractivity contribution in [3.63, 3.8) is 0 Å². The average molecular weight is 385 g/mol. The molecule has 2 rings (SSSR count). The Morgan fingerprint density at radius 2 is 1.46 bits per heavy atom. The van der Waals surface area contributed by atoms with E-state index in [1.54, 1.807) is 0 Å². The molecule has 0 aromatic carbocycles. The van der Waals surface area contributed by atoms with Crippen molar-refractivity contribution in [1.29, 1.82) is 5.41 Å². The van der Waals surface area contributed by atoms with Crippen LogP contribution in [0, 0.1) is 29.1 Å². The third-order valence-electron chi connectivity index (χ3n) is 6.08. The highest BCUT2D eigenvalue weighted by atomic mass is 32.2. The van der Waals surface area contributed by atoms with E-state index < -0.39 is 0 Å². The lowest BCUT2D eigenvalue weighted by Gasteiger charge is -2.15. The van der Waals surface area contributed by atoms with Gasteiger partial charge in [-0.05, 0) is 36.8 Å². The number of nitrogens with two attached hydrogens (primary N) is 1. The summed E-state index contributed by atoms with van der Waals surface area (Å²) in [5.74, 6) is 4.12. The SMILES string of the molecule is CCC1CN(C(=O)CCSC(=N)N)CC1CC.CCC1CNCC1CC. The first kappa shape index (κ1) is 23.3. The van der Waals surface area contributed by atoms with Gasteiger partial charge in [0.15, 0.2) is 5.17 Å². The Morgan fingerprint density at radius 3 is 1.85 bits per heavy atom. The number of carbonyl (C=O) groups is 1. The van der Waals surface area contributed by atoms with Crippen LogP contribution in [0.1, 0.15) is 59.8 Å². The normalized spacial score (nSPS) is 27.9. The molecule has 0 radical (unpaired) electrons. The molecule has 6 heteroatoms. The summed E-state index contributed by atoms with van der Waals surface area (Å²) in [6.45, 7) is 13.3. The van der Waals surface area contributed by atoms with E-state index in [0.717, 1.165) is 37.8 Å². The second-order valence-corrected chi connectivity index (χ2v) is 8.73. The Bertz CT molecular complexity index is 410. The van der Waals surface area contributed by atoms with E-state index in [4.69, 9.17) is 11.1 Å². The quantitative estimate of drug-likeness (QED) is 0.463. The molecule has 26 heavy (non-hydrogen) atoms. The molecule has 0 saturated carbocycles. The van der Waals surface area contributed by atoms with Gasteiger partial charge in [-0.3, -0.25) is 10.2 Å². The van der Waals surface area contributed by atoms with Crippen molar-refractivity contribution in [3.05, 3.63) is 0 Å². The summed E-state index contributed by atoms with van der Waals surface area (Å²) >= 11 is 1.25.